The van der Waals surface area contributed by atoms with Gasteiger partial charge in [0.15, 0.2) is 5.96 Å². The Balaban J connectivity index is 0.00000220. The predicted molar refractivity (Wildman–Crippen MR) is 98.1 cm³/mol. The zero-order chi connectivity index (χ0) is 14.4. The van der Waals surface area contributed by atoms with Crippen molar-refractivity contribution in [2.75, 3.05) is 13.7 Å². The summed E-state index contributed by atoms with van der Waals surface area (Å²) in [4.78, 5) is 4.65. The molecular weight excluding hydrogens is 377 g/mol. The molecule has 0 spiro atoms. The SMILES string of the molecule is CCNC(=NCc1cccc(COC)c1)NC1CC1C.I. The highest BCUT2D eigenvalue weighted by Crippen LogP contribution is 2.28. The van der Waals surface area contributed by atoms with Crippen LogP contribution < -0.4 is 10.6 Å². The van der Waals surface area contributed by atoms with Crippen molar-refractivity contribution in [3.8, 4) is 0 Å². The Labute approximate surface area is 144 Å². The molecule has 0 bridgehead atoms. The van der Waals surface area contributed by atoms with Crippen LogP contribution in [-0.4, -0.2) is 25.7 Å². The average Bonchev–Trinajstić information content (AvgIpc) is 3.13. The van der Waals surface area contributed by atoms with Crippen LogP contribution in [0.15, 0.2) is 29.3 Å². The molecule has 5 heteroatoms. The summed E-state index contributed by atoms with van der Waals surface area (Å²) in [5, 5.41) is 6.76. The second-order valence-electron chi connectivity index (χ2n) is 5.41. The van der Waals surface area contributed by atoms with Gasteiger partial charge in [-0.15, -0.1) is 24.0 Å². The fourth-order valence-electron chi connectivity index (χ4n) is 2.17. The van der Waals surface area contributed by atoms with Gasteiger partial charge < -0.3 is 15.4 Å². The van der Waals surface area contributed by atoms with E-state index in [0.29, 0.717) is 19.2 Å². The van der Waals surface area contributed by atoms with Gasteiger partial charge in [-0.2, -0.15) is 0 Å². The molecule has 1 fully saturated rings. The van der Waals surface area contributed by atoms with Gasteiger partial charge in [-0.1, -0.05) is 31.2 Å². The van der Waals surface area contributed by atoms with Crippen LogP contribution in [0.4, 0.5) is 0 Å². The quantitative estimate of drug-likeness (QED) is 0.436. The van der Waals surface area contributed by atoms with E-state index in [1.54, 1.807) is 7.11 Å². The Kier molecular flexibility index (Phi) is 8.03. The normalized spacial score (nSPS) is 20.6. The topological polar surface area (TPSA) is 45.7 Å². The van der Waals surface area contributed by atoms with Crippen LogP contribution >= 0.6 is 24.0 Å². The van der Waals surface area contributed by atoms with Gasteiger partial charge in [-0.3, -0.25) is 0 Å². The van der Waals surface area contributed by atoms with E-state index in [1.165, 1.54) is 17.5 Å². The number of rotatable bonds is 6. The lowest BCUT2D eigenvalue weighted by Crippen LogP contribution is -2.39. The lowest BCUT2D eigenvalue weighted by atomic mass is 10.1. The van der Waals surface area contributed by atoms with E-state index < -0.39 is 0 Å². The van der Waals surface area contributed by atoms with Crippen LogP contribution in [0.5, 0.6) is 0 Å². The molecule has 21 heavy (non-hydrogen) atoms. The van der Waals surface area contributed by atoms with E-state index in [9.17, 15) is 0 Å². The highest BCUT2D eigenvalue weighted by atomic mass is 127. The van der Waals surface area contributed by atoms with Crippen molar-refractivity contribution >= 4 is 29.9 Å². The highest BCUT2D eigenvalue weighted by molar-refractivity contribution is 14.0. The average molecular weight is 403 g/mol. The zero-order valence-corrected chi connectivity index (χ0v) is 15.4. The largest absolute Gasteiger partial charge is 0.380 e. The smallest absolute Gasteiger partial charge is 0.191 e. The van der Waals surface area contributed by atoms with Crippen LogP contribution in [-0.2, 0) is 17.9 Å². The number of ether oxygens (including phenoxy) is 1. The van der Waals surface area contributed by atoms with Crippen LogP contribution in [0.25, 0.3) is 0 Å². The molecule has 1 aromatic carbocycles. The van der Waals surface area contributed by atoms with Gasteiger partial charge >= 0.3 is 0 Å². The van der Waals surface area contributed by atoms with Crippen molar-refractivity contribution in [2.45, 2.75) is 39.5 Å². The molecule has 2 rings (SSSR count). The maximum Gasteiger partial charge on any atom is 0.191 e. The standard InChI is InChI=1S/C16H25N3O.HI/c1-4-17-16(19-15-8-12(15)2)18-10-13-6-5-7-14(9-13)11-20-3;/h5-7,9,12,15H,4,8,10-11H2,1-3H3,(H2,17,18,19);1H. The van der Waals surface area contributed by atoms with E-state index >= 15 is 0 Å². The summed E-state index contributed by atoms with van der Waals surface area (Å²) >= 11 is 0. The molecular formula is C16H26IN3O. The molecule has 1 aliphatic carbocycles. The van der Waals surface area contributed by atoms with E-state index in [-0.39, 0.29) is 24.0 Å². The Morgan fingerprint density at radius 2 is 2.10 bits per heavy atom. The summed E-state index contributed by atoms with van der Waals surface area (Å²) in [6.07, 6.45) is 1.24. The van der Waals surface area contributed by atoms with Gasteiger partial charge in [-0.25, -0.2) is 4.99 Å². The molecule has 0 aliphatic heterocycles. The number of halogens is 1. The summed E-state index contributed by atoms with van der Waals surface area (Å²) in [6, 6.07) is 8.98. The van der Waals surface area contributed by atoms with Gasteiger partial charge in [0.05, 0.1) is 13.2 Å². The van der Waals surface area contributed by atoms with Gasteiger partial charge in [0.1, 0.15) is 0 Å². The number of nitrogens with one attached hydrogen (secondary N) is 2. The van der Waals surface area contributed by atoms with Crippen molar-refractivity contribution in [3.63, 3.8) is 0 Å². The first-order valence-electron chi connectivity index (χ1n) is 7.34. The molecule has 2 unspecified atom stereocenters. The molecule has 2 N–H and O–H groups in total. The minimum Gasteiger partial charge on any atom is -0.380 e. The molecule has 0 amide bonds. The Morgan fingerprint density at radius 1 is 1.38 bits per heavy atom. The lowest BCUT2D eigenvalue weighted by Gasteiger charge is -2.11. The van der Waals surface area contributed by atoms with E-state index in [0.717, 1.165) is 18.4 Å². The maximum atomic E-state index is 5.16. The van der Waals surface area contributed by atoms with Gasteiger partial charge in [0.25, 0.3) is 0 Å². The van der Waals surface area contributed by atoms with E-state index in [2.05, 4.69) is 53.7 Å². The number of guanidine groups is 1. The molecule has 0 aromatic heterocycles. The second-order valence-corrected chi connectivity index (χ2v) is 5.41. The molecule has 0 saturated heterocycles. The second kappa shape index (κ2) is 9.25. The van der Waals surface area contributed by atoms with Crippen molar-refractivity contribution < 1.29 is 4.74 Å². The molecule has 1 saturated carbocycles. The lowest BCUT2D eigenvalue weighted by molar-refractivity contribution is 0.185. The first-order valence-corrected chi connectivity index (χ1v) is 7.34. The third kappa shape index (κ3) is 6.22. The summed E-state index contributed by atoms with van der Waals surface area (Å²) in [5.74, 6) is 1.68. The molecule has 0 heterocycles. The fraction of sp³-hybridized carbons (Fsp3) is 0.562. The first-order chi connectivity index (χ1) is 9.72. The number of benzene rings is 1. The monoisotopic (exact) mass is 403 g/mol. The fourth-order valence-corrected chi connectivity index (χ4v) is 2.17. The molecule has 1 aromatic rings. The van der Waals surface area contributed by atoms with Gasteiger partial charge in [-0.05, 0) is 30.4 Å². The minimum absolute atomic E-state index is 0. The minimum atomic E-state index is 0. The number of methoxy groups -OCH3 is 1. The molecule has 4 nitrogen and oxygen atoms in total. The summed E-state index contributed by atoms with van der Waals surface area (Å²) in [5.41, 5.74) is 2.40. The highest BCUT2D eigenvalue weighted by Gasteiger charge is 2.33. The maximum absolute atomic E-state index is 5.16. The third-order valence-corrected chi connectivity index (χ3v) is 3.50. The van der Waals surface area contributed by atoms with Crippen molar-refractivity contribution in [1.82, 2.24) is 10.6 Å². The van der Waals surface area contributed by atoms with Crippen LogP contribution in [0.2, 0.25) is 0 Å². The van der Waals surface area contributed by atoms with Crippen LogP contribution in [0.1, 0.15) is 31.4 Å². The molecule has 0 radical (unpaired) electrons. The van der Waals surface area contributed by atoms with E-state index in [1.807, 2.05) is 0 Å². The number of hydrogen-bond donors (Lipinski definition) is 2. The Morgan fingerprint density at radius 3 is 2.71 bits per heavy atom. The molecule has 118 valence electrons. The zero-order valence-electron chi connectivity index (χ0n) is 13.1. The molecule has 2 atom stereocenters. The predicted octanol–water partition coefficient (Wildman–Crippen LogP) is 2.91. The van der Waals surface area contributed by atoms with Crippen molar-refractivity contribution in [1.29, 1.82) is 0 Å². The summed E-state index contributed by atoms with van der Waals surface area (Å²) < 4.78 is 5.16. The van der Waals surface area contributed by atoms with Crippen LogP contribution in [0.3, 0.4) is 0 Å². The first kappa shape index (κ1) is 18.2. The van der Waals surface area contributed by atoms with Crippen molar-refractivity contribution in [2.24, 2.45) is 10.9 Å². The van der Waals surface area contributed by atoms with Gasteiger partial charge in [0.2, 0.25) is 0 Å². The molecule has 1 aliphatic rings. The van der Waals surface area contributed by atoms with E-state index in [4.69, 9.17) is 4.74 Å². The summed E-state index contributed by atoms with van der Waals surface area (Å²) in [6.45, 7) is 6.57. The number of aliphatic imine (C=N–C) groups is 1. The summed E-state index contributed by atoms with van der Waals surface area (Å²) in [7, 11) is 1.72. The number of nitrogens with zero attached hydrogens (tertiary/aromatic N) is 1. The Hall–Kier alpha value is -0.820. The van der Waals surface area contributed by atoms with Crippen molar-refractivity contribution in [3.05, 3.63) is 35.4 Å². The van der Waals surface area contributed by atoms with Crippen LogP contribution in [0, 0.1) is 5.92 Å². The third-order valence-electron chi connectivity index (χ3n) is 3.50. The number of hydrogen-bond acceptors (Lipinski definition) is 2. The Bertz CT molecular complexity index is 465. The van der Waals surface area contributed by atoms with Gasteiger partial charge in [0, 0.05) is 19.7 Å².